The molecule has 0 amide bonds. The molecule has 5 atom stereocenters. The zero-order chi connectivity index (χ0) is 18.3. The van der Waals surface area contributed by atoms with Crippen molar-refractivity contribution in [2.75, 3.05) is 11.5 Å². The van der Waals surface area contributed by atoms with Crippen LogP contribution in [-0.4, -0.2) is 56.4 Å². The van der Waals surface area contributed by atoms with Crippen LogP contribution in [-0.2, 0) is 0 Å². The first-order valence-electron chi connectivity index (χ1n) is 8.19. The van der Waals surface area contributed by atoms with Gasteiger partial charge in [0.05, 0.1) is 23.8 Å². The zero-order valence-corrected chi connectivity index (χ0v) is 15.2. The summed E-state index contributed by atoms with van der Waals surface area (Å²) in [4.78, 5) is 13.5. The monoisotopic (exact) mass is 391 g/mol. The van der Waals surface area contributed by atoms with Crippen molar-refractivity contribution in [1.82, 2.24) is 15.3 Å². The van der Waals surface area contributed by atoms with Crippen molar-refractivity contribution >= 4 is 41.1 Å². The summed E-state index contributed by atoms with van der Waals surface area (Å²) in [5, 5.41) is 25.0. The molecule has 26 heavy (non-hydrogen) atoms. The Balaban J connectivity index is 1.47. The first kappa shape index (κ1) is 17.7. The lowest BCUT2D eigenvalue weighted by molar-refractivity contribution is 0.0299. The number of hydrogen-bond donors (Lipinski definition) is 4. The first-order valence-corrected chi connectivity index (χ1v) is 9.56. The third kappa shape index (κ3) is 3.19. The van der Waals surface area contributed by atoms with Crippen molar-refractivity contribution in [3.05, 3.63) is 41.3 Å². The number of fused-ring (bicyclic) bond motifs is 1. The number of aliphatic hydroxyl groups is 2. The number of halogens is 1. The molecule has 0 spiro atoms. The molecule has 0 bridgehead atoms. The van der Waals surface area contributed by atoms with Crippen molar-refractivity contribution < 1.29 is 10.2 Å². The lowest BCUT2D eigenvalue weighted by Gasteiger charge is -2.21. The minimum atomic E-state index is -0.932. The third-order valence-electron chi connectivity index (χ3n) is 4.71. The lowest BCUT2D eigenvalue weighted by atomic mass is 9.94. The summed E-state index contributed by atoms with van der Waals surface area (Å²) in [7, 11) is 0. The van der Waals surface area contributed by atoms with Crippen LogP contribution in [0.25, 0.3) is 0 Å². The van der Waals surface area contributed by atoms with E-state index in [0.29, 0.717) is 28.0 Å². The van der Waals surface area contributed by atoms with Crippen molar-refractivity contribution in [2.24, 2.45) is 4.99 Å². The van der Waals surface area contributed by atoms with E-state index in [1.165, 1.54) is 6.33 Å². The number of nitrogens with one attached hydrogen (secondary N) is 1. The molecule has 2 aliphatic heterocycles. The molecule has 1 aromatic heterocycles. The average Bonchev–Trinajstić information content (AvgIpc) is 3.17. The van der Waals surface area contributed by atoms with Crippen molar-refractivity contribution in [1.29, 1.82) is 0 Å². The summed E-state index contributed by atoms with van der Waals surface area (Å²) in [5.74, 6) is 0.647. The maximum absolute atomic E-state index is 10.5. The summed E-state index contributed by atoms with van der Waals surface area (Å²) in [6, 6.07) is 6.88. The van der Waals surface area contributed by atoms with Crippen molar-refractivity contribution in [2.45, 2.75) is 35.1 Å². The predicted molar refractivity (Wildman–Crippen MR) is 102 cm³/mol. The minimum absolute atomic E-state index is 0.263. The molecule has 1 unspecified atom stereocenters. The second-order valence-electron chi connectivity index (χ2n) is 6.35. The van der Waals surface area contributed by atoms with Gasteiger partial charge in [0.15, 0.2) is 5.82 Å². The van der Waals surface area contributed by atoms with Gasteiger partial charge < -0.3 is 21.3 Å². The zero-order valence-electron chi connectivity index (χ0n) is 13.7. The van der Waals surface area contributed by atoms with Gasteiger partial charge in [-0.1, -0.05) is 17.7 Å². The van der Waals surface area contributed by atoms with E-state index < -0.39 is 18.2 Å². The quantitative estimate of drug-likeness (QED) is 0.581. The summed E-state index contributed by atoms with van der Waals surface area (Å²) in [6.07, 6.45) is 1.28. The van der Waals surface area contributed by atoms with Gasteiger partial charge in [0.2, 0.25) is 0 Å². The van der Waals surface area contributed by atoms with E-state index in [0.717, 1.165) is 4.90 Å². The van der Waals surface area contributed by atoms with Gasteiger partial charge in [-0.25, -0.2) is 9.97 Å². The molecule has 4 rings (SSSR count). The first-order chi connectivity index (χ1) is 12.5. The maximum atomic E-state index is 10.5. The Labute approximate surface area is 159 Å². The molecule has 0 radical (unpaired) electrons. The van der Waals surface area contributed by atoms with Crippen LogP contribution in [0.15, 0.2) is 40.5 Å². The Morgan fingerprint density at radius 3 is 2.88 bits per heavy atom. The number of rotatable bonds is 4. The van der Waals surface area contributed by atoms with Gasteiger partial charge in [-0.2, -0.15) is 0 Å². The molecule has 1 fully saturated rings. The van der Waals surface area contributed by atoms with Gasteiger partial charge in [0, 0.05) is 34.0 Å². The highest BCUT2D eigenvalue weighted by Crippen LogP contribution is 2.38. The summed E-state index contributed by atoms with van der Waals surface area (Å²) in [6.45, 7) is 0. The largest absolute Gasteiger partial charge is 0.389 e. The third-order valence-corrected chi connectivity index (χ3v) is 6.06. The Bertz CT molecular complexity index is 852. The smallest absolute Gasteiger partial charge is 0.153 e. The van der Waals surface area contributed by atoms with Crippen LogP contribution < -0.4 is 11.1 Å². The van der Waals surface area contributed by atoms with Gasteiger partial charge in [0.1, 0.15) is 12.0 Å². The van der Waals surface area contributed by atoms with Crippen molar-refractivity contribution in [3.8, 4) is 0 Å². The van der Waals surface area contributed by atoms with Gasteiger partial charge in [-0.05, 0) is 18.2 Å². The molecule has 7 nitrogen and oxygen atoms in total. The van der Waals surface area contributed by atoms with Gasteiger partial charge in [0.25, 0.3) is 0 Å². The van der Waals surface area contributed by atoms with Crippen molar-refractivity contribution in [3.63, 3.8) is 0 Å². The van der Waals surface area contributed by atoms with Crippen LogP contribution in [0.3, 0.4) is 0 Å². The molecule has 2 aliphatic rings. The number of nitrogen functional groups attached to an aromatic ring is 1. The predicted octanol–water partition coefficient (Wildman–Crippen LogP) is 1.37. The number of benzene rings is 1. The van der Waals surface area contributed by atoms with Gasteiger partial charge >= 0.3 is 0 Å². The Morgan fingerprint density at radius 2 is 2.08 bits per heavy atom. The van der Waals surface area contributed by atoms with E-state index in [1.54, 1.807) is 18.0 Å². The second-order valence-corrected chi connectivity index (χ2v) is 7.88. The summed E-state index contributed by atoms with van der Waals surface area (Å²) >= 11 is 7.58. The second kappa shape index (κ2) is 7.13. The Kier molecular flexibility index (Phi) is 4.85. The maximum Gasteiger partial charge on any atom is 0.153 e. The van der Waals surface area contributed by atoms with E-state index in [4.69, 9.17) is 17.3 Å². The molecule has 2 aromatic rings. The highest BCUT2D eigenvalue weighted by atomic mass is 35.5. The van der Waals surface area contributed by atoms with Crippen LogP contribution in [0.1, 0.15) is 11.6 Å². The van der Waals surface area contributed by atoms with Gasteiger partial charge in [-0.3, -0.25) is 4.99 Å². The van der Waals surface area contributed by atoms with E-state index in [2.05, 4.69) is 20.3 Å². The Morgan fingerprint density at radius 1 is 1.23 bits per heavy atom. The number of nitrogens with zero attached hydrogens (tertiary/aromatic N) is 3. The number of aromatic nitrogens is 2. The fourth-order valence-electron chi connectivity index (χ4n) is 3.37. The average molecular weight is 392 g/mol. The topological polar surface area (TPSA) is 117 Å². The molecule has 0 aliphatic carbocycles. The fraction of sp³-hybridized carbons (Fsp3) is 0.353. The molecule has 0 saturated carbocycles. The molecule has 9 heteroatoms. The summed E-state index contributed by atoms with van der Waals surface area (Å²) in [5.41, 5.74) is 7.05. The fourth-order valence-corrected chi connectivity index (χ4v) is 4.68. The van der Waals surface area contributed by atoms with E-state index in [9.17, 15) is 10.2 Å². The SMILES string of the molecule is Nc1ncnc2c1N=CC2[C@H]1N[C@@H](CSc2cccc(Cl)c2)[C@H](O)[C@@H]1O. The highest BCUT2D eigenvalue weighted by Gasteiger charge is 2.46. The molecular weight excluding hydrogens is 374 g/mol. The highest BCUT2D eigenvalue weighted by molar-refractivity contribution is 7.99. The molecule has 1 aromatic carbocycles. The molecule has 1 saturated heterocycles. The van der Waals surface area contributed by atoms with E-state index in [1.807, 2.05) is 24.3 Å². The number of nitrogens with two attached hydrogens (primary N) is 1. The van der Waals surface area contributed by atoms with Crippen LogP contribution in [0.4, 0.5) is 11.5 Å². The van der Waals surface area contributed by atoms with Crippen LogP contribution in [0, 0.1) is 0 Å². The number of aliphatic imine (C=N–C) groups is 1. The number of thioether (sulfide) groups is 1. The minimum Gasteiger partial charge on any atom is -0.389 e. The standard InChI is InChI=1S/C17H18ClN5O2S/c18-8-2-1-3-9(4-8)26-6-11-15(24)16(25)13(23-11)10-5-20-14-12(10)21-7-22-17(14)19/h1-5,7,10-11,13,15-16,23-25H,6H2,(H2,19,21,22)/t10?,11-,13+,15-,16+/m0/s1. The molecule has 5 N–H and O–H groups in total. The van der Waals surface area contributed by atoms with Gasteiger partial charge in [-0.15, -0.1) is 11.8 Å². The van der Waals surface area contributed by atoms with E-state index in [-0.39, 0.29) is 12.0 Å². The normalized spacial score (nSPS) is 29.9. The Hall–Kier alpha value is -1.71. The number of anilines is 1. The van der Waals surface area contributed by atoms with Crippen LogP contribution in [0.5, 0.6) is 0 Å². The van der Waals surface area contributed by atoms with Crippen LogP contribution in [0.2, 0.25) is 5.02 Å². The molecule has 3 heterocycles. The van der Waals surface area contributed by atoms with Crippen LogP contribution >= 0.6 is 23.4 Å². The number of aliphatic hydroxyl groups excluding tert-OH is 2. The summed E-state index contributed by atoms with van der Waals surface area (Å²) < 4.78 is 0. The molecular formula is C17H18ClN5O2S. The number of hydrogen-bond acceptors (Lipinski definition) is 8. The molecule has 136 valence electrons. The lowest BCUT2D eigenvalue weighted by Crippen LogP contribution is -2.39. The van der Waals surface area contributed by atoms with E-state index >= 15 is 0 Å².